The average Bonchev–Trinajstić information content (AvgIpc) is 2.85. The van der Waals surface area contributed by atoms with Gasteiger partial charge < -0.3 is 15.0 Å². The van der Waals surface area contributed by atoms with Gasteiger partial charge in [0.15, 0.2) is 0 Å². The summed E-state index contributed by atoms with van der Waals surface area (Å²) in [6.07, 6.45) is 2.60. The van der Waals surface area contributed by atoms with Crippen molar-refractivity contribution < 1.29 is 34.7 Å². The van der Waals surface area contributed by atoms with Gasteiger partial charge in [-0.05, 0) is 63.4 Å². The Morgan fingerprint density at radius 3 is 2.28 bits per heavy atom. The Kier molecular flexibility index (Phi) is 10.7. The third kappa shape index (κ3) is 9.08. The highest BCUT2D eigenvalue weighted by Gasteiger charge is 2.48. The minimum Gasteiger partial charge on any atom is -0.380 e. The van der Waals surface area contributed by atoms with Gasteiger partial charge in [0.2, 0.25) is 10.0 Å². The Hall–Kier alpha value is -1.84. The molecule has 14 heteroatoms. The number of hydrogen-bond donors (Lipinski definition) is 2. The third-order valence-corrected chi connectivity index (χ3v) is 9.83. The van der Waals surface area contributed by atoms with Gasteiger partial charge in [-0.3, -0.25) is 0 Å². The Morgan fingerprint density at radius 1 is 1.08 bits per heavy atom. The molecule has 1 heterocycles. The number of alkyl halides is 3. The van der Waals surface area contributed by atoms with Crippen molar-refractivity contribution in [3.63, 3.8) is 0 Å². The highest BCUT2D eigenvalue weighted by atomic mass is 32.2. The number of likely N-dealkylation sites (tertiary alicyclic amines) is 1. The van der Waals surface area contributed by atoms with Crippen LogP contribution in [-0.4, -0.2) is 70.9 Å². The number of sulfone groups is 1. The molecule has 2 aromatic rings. The number of hydrogen-bond acceptors (Lipinski definition) is 8. The van der Waals surface area contributed by atoms with Crippen LogP contribution in [0.5, 0.6) is 0 Å². The van der Waals surface area contributed by atoms with E-state index < -0.39 is 41.2 Å². The minimum absolute atomic E-state index is 0.146. The fraction of sp³-hybridized carbons (Fsp3) is 0.520. The van der Waals surface area contributed by atoms with E-state index in [1.807, 2.05) is 44.2 Å². The average molecular weight is 610 g/mol. The molecule has 0 aromatic heterocycles. The number of thioether (sulfide) groups is 1. The molecule has 0 bridgehead atoms. The summed E-state index contributed by atoms with van der Waals surface area (Å²) in [6, 6.07) is 11.5. The summed E-state index contributed by atoms with van der Waals surface area (Å²) in [4.78, 5) is 1.29. The molecule has 0 saturated carbocycles. The minimum atomic E-state index is -5.87. The summed E-state index contributed by atoms with van der Waals surface area (Å²) in [5, 5.41) is 8.03. The van der Waals surface area contributed by atoms with Gasteiger partial charge in [0.05, 0.1) is 22.8 Å². The first-order chi connectivity index (χ1) is 18.2. The predicted octanol–water partition coefficient (Wildman–Crippen LogP) is 4.48. The second-order valence-corrected chi connectivity index (χ2v) is 14.2. The van der Waals surface area contributed by atoms with Gasteiger partial charge in [0, 0.05) is 36.3 Å². The molecule has 1 unspecified atom stereocenters. The van der Waals surface area contributed by atoms with E-state index >= 15 is 0 Å². The van der Waals surface area contributed by atoms with Crippen molar-refractivity contribution in [1.82, 2.24) is 4.90 Å². The van der Waals surface area contributed by atoms with Gasteiger partial charge in [-0.15, -0.1) is 11.8 Å². The van der Waals surface area contributed by atoms with Crippen LogP contribution >= 0.6 is 11.8 Å². The lowest BCUT2D eigenvalue weighted by Gasteiger charge is -2.34. The lowest BCUT2D eigenvalue weighted by molar-refractivity contribution is -0.0436. The van der Waals surface area contributed by atoms with Gasteiger partial charge in [-0.1, -0.05) is 18.2 Å². The number of sulfonamides is 1. The maximum Gasteiger partial charge on any atom is 0.501 e. The smallest absolute Gasteiger partial charge is 0.380 e. The lowest BCUT2D eigenvalue weighted by Crippen LogP contribution is -2.40. The fourth-order valence-corrected chi connectivity index (χ4v) is 6.82. The van der Waals surface area contributed by atoms with E-state index in [1.54, 1.807) is 0 Å². The van der Waals surface area contributed by atoms with Crippen molar-refractivity contribution in [2.24, 2.45) is 5.14 Å². The second-order valence-electron chi connectivity index (χ2n) is 9.63. The molecule has 3 N–H and O–H groups in total. The SMILES string of the molecule is CC(C)OC1CCN(CCC(CSc2ccccc2)Nc2ccc(S(N)(=O)=O)cc2S(=O)(=O)C(F)(F)F)CC1. The number of ether oxygens (including phenoxy) is 1. The molecule has 39 heavy (non-hydrogen) atoms. The summed E-state index contributed by atoms with van der Waals surface area (Å²) in [5.74, 6) is 0.430. The second kappa shape index (κ2) is 13.2. The number of nitrogens with zero attached hydrogens (tertiary/aromatic N) is 1. The van der Waals surface area contributed by atoms with Crippen LogP contribution in [0.1, 0.15) is 33.1 Å². The molecule has 0 aliphatic carbocycles. The van der Waals surface area contributed by atoms with Gasteiger partial charge >= 0.3 is 5.51 Å². The molecule has 0 radical (unpaired) electrons. The van der Waals surface area contributed by atoms with Crippen molar-refractivity contribution in [3.8, 4) is 0 Å². The first kappa shape index (κ1) is 31.7. The number of nitrogens with two attached hydrogens (primary N) is 1. The predicted molar refractivity (Wildman–Crippen MR) is 146 cm³/mol. The van der Waals surface area contributed by atoms with E-state index in [1.165, 1.54) is 11.8 Å². The van der Waals surface area contributed by atoms with Crippen LogP contribution in [0.15, 0.2) is 63.2 Å². The van der Waals surface area contributed by atoms with Crippen LogP contribution in [0, 0.1) is 0 Å². The zero-order valence-corrected chi connectivity index (χ0v) is 24.2. The Morgan fingerprint density at radius 2 is 1.72 bits per heavy atom. The molecule has 218 valence electrons. The number of nitrogens with one attached hydrogen (secondary N) is 1. The maximum atomic E-state index is 13.5. The van der Waals surface area contributed by atoms with Crippen molar-refractivity contribution in [3.05, 3.63) is 48.5 Å². The lowest BCUT2D eigenvalue weighted by atomic mass is 10.1. The van der Waals surface area contributed by atoms with Crippen LogP contribution in [0.25, 0.3) is 0 Å². The maximum absolute atomic E-state index is 13.5. The van der Waals surface area contributed by atoms with Gasteiger partial charge in [0.1, 0.15) is 4.90 Å². The topological polar surface area (TPSA) is 119 Å². The third-order valence-electron chi connectivity index (χ3n) is 6.22. The van der Waals surface area contributed by atoms with Crippen LogP contribution < -0.4 is 10.5 Å². The fourth-order valence-electron chi connectivity index (χ4n) is 4.27. The number of rotatable bonds is 12. The Bertz CT molecular complexity index is 1300. The zero-order valence-electron chi connectivity index (χ0n) is 21.7. The molecule has 0 amide bonds. The van der Waals surface area contributed by atoms with Gasteiger partial charge in [-0.25, -0.2) is 22.0 Å². The first-order valence-corrected chi connectivity index (χ1v) is 16.5. The molecular formula is C25H34F3N3O5S3. The standard InChI is InChI=1S/C25H34F3N3O5S3/c1-18(2)36-20-11-14-31(15-12-20)13-10-19(17-37-21-6-4-3-5-7-21)30-23-9-8-22(39(29,34)35)16-24(23)38(32,33)25(26,27)28/h3-9,16,18-20,30H,10-15,17H2,1-2H3,(H2,29,34,35). The monoisotopic (exact) mass is 609 g/mol. The summed E-state index contributed by atoms with van der Waals surface area (Å²) in [5.41, 5.74) is -5.96. The highest BCUT2D eigenvalue weighted by molar-refractivity contribution is 7.99. The number of benzene rings is 2. The van der Waals surface area contributed by atoms with Crippen molar-refractivity contribution in [2.45, 2.75) is 71.6 Å². The first-order valence-electron chi connectivity index (χ1n) is 12.5. The van der Waals surface area contributed by atoms with Crippen LogP contribution in [-0.2, 0) is 24.6 Å². The van der Waals surface area contributed by atoms with Crippen LogP contribution in [0.4, 0.5) is 18.9 Å². The molecule has 3 rings (SSSR count). The molecule has 1 fully saturated rings. The van der Waals surface area contributed by atoms with Crippen molar-refractivity contribution in [1.29, 1.82) is 0 Å². The van der Waals surface area contributed by atoms with Crippen LogP contribution in [0.3, 0.4) is 0 Å². The summed E-state index contributed by atoms with van der Waals surface area (Å²) in [6.45, 7) is 6.25. The van der Waals surface area contributed by atoms with Gasteiger partial charge in [0.25, 0.3) is 9.84 Å². The van der Waals surface area contributed by atoms with Crippen molar-refractivity contribution >= 4 is 37.3 Å². The van der Waals surface area contributed by atoms with Gasteiger partial charge in [-0.2, -0.15) is 13.2 Å². The molecule has 0 spiro atoms. The molecule has 1 aliphatic rings. The van der Waals surface area contributed by atoms with Crippen LogP contribution in [0.2, 0.25) is 0 Å². The normalized spacial score (nSPS) is 16.9. The quantitative estimate of drug-likeness (QED) is 0.338. The molecule has 1 saturated heterocycles. The molecule has 8 nitrogen and oxygen atoms in total. The van der Waals surface area contributed by atoms with E-state index in [4.69, 9.17) is 9.88 Å². The number of anilines is 1. The molecule has 1 aliphatic heterocycles. The highest BCUT2D eigenvalue weighted by Crippen LogP contribution is 2.36. The Labute approximate surface area is 232 Å². The number of primary sulfonamides is 1. The summed E-state index contributed by atoms with van der Waals surface area (Å²) < 4.78 is 94.8. The summed E-state index contributed by atoms with van der Waals surface area (Å²) in [7, 11) is -10.3. The summed E-state index contributed by atoms with van der Waals surface area (Å²) >= 11 is 1.48. The number of piperidine rings is 1. The van der Waals surface area contributed by atoms with Crippen molar-refractivity contribution in [2.75, 3.05) is 30.7 Å². The molecule has 2 aromatic carbocycles. The Balaban J connectivity index is 1.83. The van der Waals surface area contributed by atoms with E-state index in [-0.39, 0.29) is 17.9 Å². The largest absolute Gasteiger partial charge is 0.501 e. The van der Waals surface area contributed by atoms with E-state index in [2.05, 4.69) is 10.2 Å². The zero-order chi connectivity index (χ0) is 28.8. The van der Waals surface area contributed by atoms with E-state index in [0.29, 0.717) is 24.8 Å². The van der Waals surface area contributed by atoms with E-state index in [0.717, 1.165) is 43.0 Å². The number of halogens is 3. The molecular weight excluding hydrogens is 575 g/mol. The van der Waals surface area contributed by atoms with E-state index in [9.17, 15) is 30.0 Å². The molecule has 1 atom stereocenters.